The van der Waals surface area contributed by atoms with Gasteiger partial charge in [0.1, 0.15) is 6.26 Å². The van der Waals surface area contributed by atoms with Crippen LogP contribution < -0.4 is 0 Å². The lowest BCUT2D eigenvalue weighted by Crippen LogP contribution is -2.53. The number of carbonyl (C=O) groups is 2. The lowest BCUT2D eigenvalue weighted by molar-refractivity contribution is -0.136. The number of likely N-dealkylation sites (tertiary alicyclic amines) is 1. The third kappa shape index (κ3) is 3.80. The van der Waals surface area contributed by atoms with Crippen LogP contribution in [0.15, 0.2) is 23.0 Å². The number of piperazine rings is 1. The van der Waals surface area contributed by atoms with E-state index < -0.39 is 0 Å². The van der Waals surface area contributed by atoms with Crippen molar-refractivity contribution in [1.82, 2.24) is 14.7 Å². The molecule has 24 heavy (non-hydrogen) atoms. The van der Waals surface area contributed by atoms with Gasteiger partial charge in [0.2, 0.25) is 5.91 Å². The van der Waals surface area contributed by atoms with Gasteiger partial charge in [0.25, 0.3) is 5.91 Å². The molecule has 6 nitrogen and oxygen atoms in total. The summed E-state index contributed by atoms with van der Waals surface area (Å²) in [5, 5.41) is 0. The second-order valence-corrected chi connectivity index (χ2v) is 6.73. The molecule has 2 aliphatic rings. The molecule has 2 fully saturated rings. The first-order chi connectivity index (χ1) is 11.7. The van der Waals surface area contributed by atoms with Crippen LogP contribution in [-0.2, 0) is 4.79 Å². The molecule has 1 unspecified atom stereocenters. The molecule has 2 amide bonds. The minimum absolute atomic E-state index is 0.0109. The summed E-state index contributed by atoms with van der Waals surface area (Å²) in [6, 6.07) is 2.11. The molecule has 1 aromatic heterocycles. The molecule has 0 spiro atoms. The van der Waals surface area contributed by atoms with E-state index in [-0.39, 0.29) is 11.8 Å². The molecule has 0 aliphatic carbocycles. The van der Waals surface area contributed by atoms with E-state index in [1.807, 2.05) is 4.90 Å². The van der Waals surface area contributed by atoms with Gasteiger partial charge < -0.3 is 14.2 Å². The topological polar surface area (TPSA) is 57.0 Å². The van der Waals surface area contributed by atoms with E-state index in [1.165, 1.54) is 18.9 Å². The predicted molar refractivity (Wildman–Crippen MR) is 90.7 cm³/mol. The molecule has 132 valence electrons. The van der Waals surface area contributed by atoms with E-state index in [0.717, 1.165) is 38.9 Å². The average Bonchev–Trinajstić information content (AvgIpc) is 3.16. The SMILES string of the molecule is CCC1CCCCN1C(=O)CN1CCN(C(=O)c2ccoc2)CC1. The molecule has 0 N–H and O–H groups in total. The van der Waals surface area contributed by atoms with Crippen molar-refractivity contribution in [2.45, 2.75) is 38.6 Å². The quantitative estimate of drug-likeness (QED) is 0.843. The summed E-state index contributed by atoms with van der Waals surface area (Å²) in [5.41, 5.74) is 0.596. The third-order valence-corrected chi connectivity index (χ3v) is 5.21. The Morgan fingerprint density at radius 1 is 1.17 bits per heavy atom. The molecule has 0 aromatic carbocycles. The van der Waals surface area contributed by atoms with Crippen LogP contribution in [-0.4, -0.2) is 71.8 Å². The van der Waals surface area contributed by atoms with E-state index in [4.69, 9.17) is 4.42 Å². The Labute approximate surface area is 143 Å². The Bertz CT molecular complexity index is 550. The van der Waals surface area contributed by atoms with Gasteiger partial charge in [0.05, 0.1) is 18.4 Å². The van der Waals surface area contributed by atoms with Crippen LogP contribution in [0.3, 0.4) is 0 Å². The minimum atomic E-state index is 0.0109. The van der Waals surface area contributed by atoms with Gasteiger partial charge in [0, 0.05) is 38.8 Å². The first-order valence-corrected chi connectivity index (χ1v) is 9.02. The van der Waals surface area contributed by atoms with Crippen LogP contribution in [0.4, 0.5) is 0 Å². The minimum Gasteiger partial charge on any atom is -0.472 e. The zero-order valence-corrected chi connectivity index (χ0v) is 14.4. The standard InChI is InChI=1S/C18H27N3O3/c1-2-16-5-3-4-7-21(16)17(22)13-19-8-10-20(11-9-19)18(23)15-6-12-24-14-15/h6,12,14,16H,2-5,7-11,13H2,1H3. The van der Waals surface area contributed by atoms with E-state index in [9.17, 15) is 9.59 Å². The molecule has 2 aliphatic heterocycles. The molecule has 0 saturated carbocycles. The van der Waals surface area contributed by atoms with Crippen molar-refractivity contribution in [2.24, 2.45) is 0 Å². The predicted octanol–water partition coefficient (Wildman–Crippen LogP) is 1.83. The third-order valence-electron chi connectivity index (χ3n) is 5.21. The molecule has 3 rings (SSSR count). The van der Waals surface area contributed by atoms with Gasteiger partial charge in [-0.1, -0.05) is 6.92 Å². The first kappa shape index (κ1) is 17.0. The van der Waals surface area contributed by atoms with Crippen LogP contribution in [0.2, 0.25) is 0 Å². The van der Waals surface area contributed by atoms with Crippen molar-refractivity contribution in [3.63, 3.8) is 0 Å². The normalized spacial score (nSPS) is 22.6. The van der Waals surface area contributed by atoms with Crippen molar-refractivity contribution in [2.75, 3.05) is 39.3 Å². The molecular weight excluding hydrogens is 306 g/mol. The Hall–Kier alpha value is -1.82. The van der Waals surface area contributed by atoms with E-state index in [0.29, 0.717) is 31.2 Å². The summed E-state index contributed by atoms with van der Waals surface area (Å²) in [4.78, 5) is 31.0. The van der Waals surface area contributed by atoms with Gasteiger partial charge in [-0.15, -0.1) is 0 Å². The number of amides is 2. The Balaban J connectivity index is 1.48. The second kappa shape index (κ2) is 7.83. The van der Waals surface area contributed by atoms with Gasteiger partial charge >= 0.3 is 0 Å². The van der Waals surface area contributed by atoms with E-state index in [1.54, 1.807) is 6.07 Å². The number of hydrogen-bond acceptors (Lipinski definition) is 4. The smallest absolute Gasteiger partial charge is 0.257 e. The van der Waals surface area contributed by atoms with Crippen molar-refractivity contribution >= 4 is 11.8 Å². The Kier molecular flexibility index (Phi) is 5.56. The molecule has 1 atom stereocenters. The number of hydrogen-bond donors (Lipinski definition) is 0. The van der Waals surface area contributed by atoms with E-state index in [2.05, 4.69) is 16.7 Å². The Morgan fingerprint density at radius 3 is 2.62 bits per heavy atom. The van der Waals surface area contributed by atoms with Crippen LogP contribution in [0.1, 0.15) is 43.0 Å². The number of furan rings is 1. The summed E-state index contributed by atoms with van der Waals surface area (Å²) in [6.07, 6.45) is 7.53. The van der Waals surface area contributed by atoms with Gasteiger partial charge in [-0.25, -0.2) is 0 Å². The molecule has 0 bridgehead atoms. The molecule has 3 heterocycles. The van der Waals surface area contributed by atoms with Crippen molar-refractivity contribution in [3.8, 4) is 0 Å². The molecule has 6 heteroatoms. The maximum absolute atomic E-state index is 12.6. The van der Waals surface area contributed by atoms with Gasteiger partial charge in [-0.05, 0) is 31.7 Å². The second-order valence-electron chi connectivity index (χ2n) is 6.73. The van der Waals surface area contributed by atoms with Crippen LogP contribution >= 0.6 is 0 Å². The number of rotatable bonds is 4. The highest BCUT2D eigenvalue weighted by atomic mass is 16.3. The summed E-state index contributed by atoms with van der Waals surface area (Å²) < 4.78 is 4.98. The van der Waals surface area contributed by atoms with E-state index >= 15 is 0 Å². The van der Waals surface area contributed by atoms with Gasteiger partial charge in [-0.3, -0.25) is 14.5 Å². The number of nitrogens with zero attached hydrogens (tertiary/aromatic N) is 3. The number of carbonyl (C=O) groups excluding carboxylic acids is 2. The molecule has 0 radical (unpaired) electrons. The highest BCUT2D eigenvalue weighted by Gasteiger charge is 2.28. The zero-order valence-electron chi connectivity index (χ0n) is 14.4. The van der Waals surface area contributed by atoms with Crippen LogP contribution in [0, 0.1) is 0 Å². The lowest BCUT2D eigenvalue weighted by Gasteiger charge is -2.38. The fourth-order valence-electron chi connectivity index (χ4n) is 3.71. The average molecular weight is 333 g/mol. The highest BCUT2D eigenvalue weighted by molar-refractivity contribution is 5.93. The van der Waals surface area contributed by atoms with Gasteiger partial charge in [-0.2, -0.15) is 0 Å². The zero-order chi connectivity index (χ0) is 16.9. The molecular formula is C18H27N3O3. The summed E-state index contributed by atoms with van der Waals surface area (Å²) in [6.45, 7) is 6.36. The maximum atomic E-state index is 12.6. The van der Waals surface area contributed by atoms with Crippen LogP contribution in [0.5, 0.6) is 0 Å². The first-order valence-electron chi connectivity index (χ1n) is 9.02. The van der Waals surface area contributed by atoms with Gasteiger partial charge in [0.15, 0.2) is 0 Å². The maximum Gasteiger partial charge on any atom is 0.257 e. The summed E-state index contributed by atoms with van der Waals surface area (Å²) in [7, 11) is 0. The lowest BCUT2D eigenvalue weighted by atomic mass is 10.00. The fourth-order valence-corrected chi connectivity index (χ4v) is 3.71. The highest BCUT2D eigenvalue weighted by Crippen LogP contribution is 2.20. The molecule has 2 saturated heterocycles. The summed E-state index contributed by atoms with van der Waals surface area (Å²) in [5.74, 6) is 0.257. The summed E-state index contributed by atoms with van der Waals surface area (Å²) >= 11 is 0. The monoisotopic (exact) mass is 333 g/mol. The van der Waals surface area contributed by atoms with Crippen LogP contribution in [0.25, 0.3) is 0 Å². The number of piperidine rings is 1. The Morgan fingerprint density at radius 2 is 1.96 bits per heavy atom. The van der Waals surface area contributed by atoms with Crippen molar-refractivity contribution in [3.05, 3.63) is 24.2 Å². The largest absolute Gasteiger partial charge is 0.472 e. The molecule has 1 aromatic rings. The fraction of sp³-hybridized carbons (Fsp3) is 0.667. The van der Waals surface area contributed by atoms with Crippen molar-refractivity contribution < 1.29 is 14.0 Å². The van der Waals surface area contributed by atoms with Crippen molar-refractivity contribution in [1.29, 1.82) is 0 Å².